The predicted octanol–water partition coefficient (Wildman–Crippen LogP) is 3.34. The number of pyridine rings is 1. The molecule has 0 amide bonds. The molecule has 0 aliphatic heterocycles. The molecule has 0 atom stereocenters. The molecule has 0 saturated heterocycles. The smallest absolute Gasteiger partial charge is 0.335 e. The second kappa shape index (κ2) is 5.26. The molecule has 0 aliphatic rings. The van der Waals surface area contributed by atoms with Gasteiger partial charge in [-0.1, -0.05) is 22.0 Å². The van der Waals surface area contributed by atoms with E-state index in [9.17, 15) is 4.79 Å². The molecule has 20 heavy (non-hydrogen) atoms. The number of carbonyl (C=O) groups is 1. The number of hydrogen-bond acceptors (Lipinski definition) is 4. The fraction of sp³-hybridized carbons (Fsp3) is 0. The Morgan fingerprint density at radius 3 is 2.90 bits per heavy atom. The first kappa shape index (κ1) is 13.1. The molecule has 0 bridgehead atoms. The van der Waals surface area contributed by atoms with Gasteiger partial charge in [-0.25, -0.2) is 4.79 Å². The van der Waals surface area contributed by atoms with Crippen LogP contribution in [0.2, 0.25) is 0 Å². The lowest BCUT2D eigenvalue weighted by Crippen LogP contribution is -1.96. The normalized spacial score (nSPS) is 10.8. The van der Waals surface area contributed by atoms with Crippen LogP contribution in [0.4, 0.5) is 0 Å². The molecular weight excluding hydrogens is 342 g/mol. The van der Waals surface area contributed by atoms with Crippen molar-refractivity contribution >= 4 is 39.3 Å². The van der Waals surface area contributed by atoms with E-state index in [2.05, 4.69) is 26.1 Å². The van der Waals surface area contributed by atoms with Crippen molar-refractivity contribution < 1.29 is 9.90 Å². The van der Waals surface area contributed by atoms with Crippen molar-refractivity contribution in [2.24, 2.45) is 0 Å². The van der Waals surface area contributed by atoms with Crippen LogP contribution in [-0.2, 0) is 0 Å². The molecule has 0 radical (unpaired) electrons. The predicted molar refractivity (Wildman–Crippen MR) is 78.2 cm³/mol. The van der Waals surface area contributed by atoms with Gasteiger partial charge >= 0.3 is 5.97 Å². The molecule has 1 N–H and O–H groups in total. The van der Waals surface area contributed by atoms with Crippen molar-refractivity contribution in [2.45, 2.75) is 10.1 Å². The lowest BCUT2D eigenvalue weighted by molar-refractivity contribution is 0.0696. The van der Waals surface area contributed by atoms with E-state index in [1.165, 1.54) is 11.8 Å². The third-order valence-corrected chi connectivity index (χ3v) is 4.00. The summed E-state index contributed by atoms with van der Waals surface area (Å²) in [5, 5.41) is 17.9. The SMILES string of the molecule is O=C(O)c1cc(Br)cc(Sc2nnc3ccccn23)c1. The van der Waals surface area contributed by atoms with Crippen LogP contribution in [0.5, 0.6) is 0 Å². The van der Waals surface area contributed by atoms with E-state index in [0.717, 1.165) is 10.5 Å². The Morgan fingerprint density at radius 1 is 1.25 bits per heavy atom. The zero-order chi connectivity index (χ0) is 14.1. The van der Waals surface area contributed by atoms with Crippen LogP contribution < -0.4 is 0 Å². The number of carboxylic acid groups (broad SMARTS) is 1. The summed E-state index contributed by atoms with van der Waals surface area (Å²) in [5.74, 6) is -0.959. The van der Waals surface area contributed by atoms with Crippen molar-refractivity contribution in [1.29, 1.82) is 0 Å². The molecule has 3 aromatic rings. The van der Waals surface area contributed by atoms with Crippen LogP contribution in [0.15, 0.2) is 57.1 Å². The van der Waals surface area contributed by atoms with E-state index >= 15 is 0 Å². The van der Waals surface area contributed by atoms with Crippen LogP contribution in [0.25, 0.3) is 5.65 Å². The topological polar surface area (TPSA) is 67.5 Å². The fourth-order valence-electron chi connectivity index (χ4n) is 1.74. The molecule has 2 aromatic heterocycles. The number of aromatic carboxylic acids is 1. The summed E-state index contributed by atoms with van der Waals surface area (Å²) in [7, 11) is 0. The van der Waals surface area contributed by atoms with Gasteiger partial charge in [0.15, 0.2) is 10.8 Å². The lowest BCUT2D eigenvalue weighted by Gasteiger charge is -2.03. The fourth-order valence-corrected chi connectivity index (χ4v) is 3.30. The first-order chi connectivity index (χ1) is 9.63. The van der Waals surface area contributed by atoms with Gasteiger partial charge in [0.05, 0.1) is 5.56 Å². The van der Waals surface area contributed by atoms with Crippen LogP contribution >= 0.6 is 27.7 Å². The van der Waals surface area contributed by atoms with Gasteiger partial charge < -0.3 is 5.11 Å². The molecule has 0 fully saturated rings. The molecule has 0 saturated carbocycles. The molecule has 100 valence electrons. The molecule has 7 heteroatoms. The maximum Gasteiger partial charge on any atom is 0.335 e. The third-order valence-electron chi connectivity index (χ3n) is 2.61. The highest BCUT2D eigenvalue weighted by molar-refractivity contribution is 9.10. The summed E-state index contributed by atoms with van der Waals surface area (Å²) in [4.78, 5) is 11.8. The second-order valence-corrected chi connectivity index (χ2v) is 5.95. The average molecular weight is 350 g/mol. The van der Waals surface area contributed by atoms with Crippen LogP contribution in [0.3, 0.4) is 0 Å². The van der Waals surface area contributed by atoms with Crippen LogP contribution in [0, 0.1) is 0 Å². The number of nitrogens with zero attached hydrogens (tertiary/aromatic N) is 3. The summed E-state index contributed by atoms with van der Waals surface area (Å²) < 4.78 is 2.57. The monoisotopic (exact) mass is 349 g/mol. The van der Waals surface area contributed by atoms with Crippen molar-refractivity contribution in [3.8, 4) is 0 Å². The van der Waals surface area contributed by atoms with E-state index < -0.39 is 5.97 Å². The van der Waals surface area contributed by atoms with Gasteiger partial charge in [-0.05, 0) is 42.1 Å². The van der Waals surface area contributed by atoms with Crippen molar-refractivity contribution in [2.75, 3.05) is 0 Å². The third kappa shape index (κ3) is 2.54. The molecule has 0 unspecified atom stereocenters. The Labute approximate surface area is 126 Å². The Morgan fingerprint density at radius 2 is 2.10 bits per heavy atom. The maximum atomic E-state index is 11.1. The van der Waals surface area contributed by atoms with Gasteiger partial charge in [-0.3, -0.25) is 4.40 Å². The maximum absolute atomic E-state index is 11.1. The summed E-state index contributed by atoms with van der Waals surface area (Å²) >= 11 is 4.68. The minimum absolute atomic E-state index is 0.232. The molecule has 2 heterocycles. The Kier molecular flexibility index (Phi) is 3.45. The number of rotatable bonds is 3. The van der Waals surface area contributed by atoms with Crippen LogP contribution in [0.1, 0.15) is 10.4 Å². The van der Waals surface area contributed by atoms with Gasteiger partial charge in [-0.2, -0.15) is 0 Å². The molecular formula is C13H8BrN3O2S. The number of aromatic nitrogens is 3. The van der Waals surface area contributed by atoms with Crippen LogP contribution in [-0.4, -0.2) is 25.7 Å². The van der Waals surface area contributed by atoms with E-state index in [4.69, 9.17) is 5.11 Å². The summed E-state index contributed by atoms with van der Waals surface area (Å²) in [5.41, 5.74) is 0.985. The van der Waals surface area contributed by atoms with Crippen molar-refractivity contribution in [3.63, 3.8) is 0 Å². The van der Waals surface area contributed by atoms with Crippen molar-refractivity contribution in [1.82, 2.24) is 14.6 Å². The highest BCUT2D eigenvalue weighted by Gasteiger charge is 2.10. The summed E-state index contributed by atoms with van der Waals surface area (Å²) in [6.07, 6.45) is 1.87. The van der Waals surface area contributed by atoms with E-state index in [0.29, 0.717) is 9.63 Å². The molecule has 0 spiro atoms. The summed E-state index contributed by atoms with van der Waals surface area (Å²) in [6, 6.07) is 10.7. The molecule has 0 aliphatic carbocycles. The number of halogens is 1. The summed E-state index contributed by atoms with van der Waals surface area (Å²) in [6.45, 7) is 0. The number of hydrogen-bond donors (Lipinski definition) is 1. The van der Waals surface area contributed by atoms with Crippen molar-refractivity contribution in [3.05, 3.63) is 52.6 Å². The Balaban J connectivity index is 2.00. The number of fused-ring (bicyclic) bond motifs is 1. The van der Waals surface area contributed by atoms with E-state index in [1.54, 1.807) is 12.1 Å². The van der Waals surface area contributed by atoms with E-state index in [-0.39, 0.29) is 5.56 Å². The van der Waals surface area contributed by atoms with E-state index in [1.807, 2.05) is 34.9 Å². The van der Waals surface area contributed by atoms with Gasteiger partial charge in [0, 0.05) is 15.6 Å². The zero-order valence-corrected chi connectivity index (χ0v) is 12.4. The molecule has 1 aromatic carbocycles. The largest absolute Gasteiger partial charge is 0.478 e. The lowest BCUT2D eigenvalue weighted by atomic mass is 10.2. The number of carboxylic acids is 1. The minimum atomic E-state index is -0.959. The molecule has 3 rings (SSSR count). The second-order valence-electron chi connectivity index (χ2n) is 3.99. The average Bonchev–Trinajstić information content (AvgIpc) is 2.82. The number of benzene rings is 1. The first-order valence-electron chi connectivity index (χ1n) is 5.65. The Hall–Kier alpha value is -1.86. The minimum Gasteiger partial charge on any atom is -0.478 e. The Bertz CT molecular complexity index is 803. The standard InChI is InChI=1S/C13H8BrN3O2S/c14-9-5-8(12(18)19)6-10(7-9)20-13-16-15-11-3-1-2-4-17(11)13/h1-7H,(H,18,19). The first-order valence-corrected chi connectivity index (χ1v) is 7.26. The molecule has 5 nitrogen and oxygen atoms in total. The van der Waals surface area contributed by atoms with Gasteiger partial charge in [0.1, 0.15) is 0 Å². The quantitative estimate of drug-likeness (QED) is 0.785. The highest BCUT2D eigenvalue weighted by Crippen LogP contribution is 2.29. The van der Waals surface area contributed by atoms with Gasteiger partial charge in [0.25, 0.3) is 0 Å². The zero-order valence-electron chi connectivity index (χ0n) is 10.0. The van der Waals surface area contributed by atoms with Gasteiger partial charge in [-0.15, -0.1) is 10.2 Å². The van der Waals surface area contributed by atoms with Gasteiger partial charge in [0.2, 0.25) is 0 Å². The highest BCUT2D eigenvalue weighted by atomic mass is 79.9.